The Morgan fingerprint density at radius 1 is 1.67 bits per heavy atom. The third-order valence-corrected chi connectivity index (χ3v) is 1.44. The van der Waals surface area contributed by atoms with Crippen LogP contribution in [0.1, 0.15) is 19.8 Å². The first-order valence-electron chi connectivity index (χ1n) is 3.79. The van der Waals surface area contributed by atoms with Crippen molar-refractivity contribution in [2.75, 3.05) is 11.0 Å². The van der Waals surface area contributed by atoms with Crippen molar-refractivity contribution < 1.29 is 9.63 Å². The highest BCUT2D eigenvalue weighted by Gasteiger charge is 1.94. The van der Waals surface area contributed by atoms with E-state index in [-0.39, 0.29) is 0 Å². The minimum Gasteiger partial charge on any atom is -0.361 e. The maximum Gasteiger partial charge on any atom is 0.403 e. The fourth-order valence-corrected chi connectivity index (χ4v) is 0.687. The van der Waals surface area contributed by atoms with Gasteiger partial charge in [0.15, 0.2) is 0 Å². The zero-order valence-corrected chi connectivity index (χ0v) is 9.18. The standard InChI is InChI=1S/C8H12INO2/c1-2-3-7-10-12-8(11)5-4-6-9/h10H,2-3,6-7H2,1H3. The van der Waals surface area contributed by atoms with Gasteiger partial charge >= 0.3 is 5.97 Å². The summed E-state index contributed by atoms with van der Waals surface area (Å²) in [6.07, 6.45) is 2.07. The van der Waals surface area contributed by atoms with Crippen molar-refractivity contribution in [1.29, 1.82) is 0 Å². The number of carbonyl (C=O) groups is 1. The maximum atomic E-state index is 10.7. The fourth-order valence-electron chi connectivity index (χ4n) is 0.497. The van der Waals surface area contributed by atoms with E-state index in [9.17, 15) is 4.79 Å². The normalized spacial score (nSPS) is 8.50. The SMILES string of the molecule is CCCCNOC(=O)C#CCI. The van der Waals surface area contributed by atoms with Crippen LogP contribution in [0.25, 0.3) is 0 Å². The number of alkyl halides is 1. The predicted molar refractivity (Wildman–Crippen MR) is 55.7 cm³/mol. The molecular formula is C8H12INO2. The predicted octanol–water partition coefficient (Wildman–Crippen LogP) is 1.27. The average Bonchev–Trinajstić information content (AvgIpc) is 2.09. The molecule has 0 aromatic heterocycles. The molecule has 0 aromatic rings. The van der Waals surface area contributed by atoms with Crippen molar-refractivity contribution in [2.24, 2.45) is 0 Å². The van der Waals surface area contributed by atoms with Gasteiger partial charge in [-0.25, -0.2) is 4.79 Å². The molecule has 4 heteroatoms. The monoisotopic (exact) mass is 281 g/mol. The summed E-state index contributed by atoms with van der Waals surface area (Å²) in [5, 5.41) is 0. The fraction of sp³-hybridized carbons (Fsp3) is 0.625. The Balaban J connectivity index is 3.32. The molecule has 0 aromatic carbocycles. The molecule has 0 amide bonds. The molecule has 0 saturated heterocycles. The molecule has 0 fully saturated rings. The van der Waals surface area contributed by atoms with Crippen LogP contribution in [-0.4, -0.2) is 16.9 Å². The van der Waals surface area contributed by atoms with Gasteiger partial charge in [0.25, 0.3) is 0 Å². The lowest BCUT2D eigenvalue weighted by Crippen LogP contribution is -2.19. The number of halogens is 1. The molecule has 0 bridgehead atoms. The molecule has 0 atom stereocenters. The van der Waals surface area contributed by atoms with Crippen LogP contribution in [0.15, 0.2) is 0 Å². The van der Waals surface area contributed by atoms with Crippen LogP contribution < -0.4 is 5.48 Å². The lowest BCUT2D eigenvalue weighted by molar-refractivity contribution is -0.143. The highest BCUT2D eigenvalue weighted by molar-refractivity contribution is 14.1. The van der Waals surface area contributed by atoms with E-state index in [4.69, 9.17) is 0 Å². The molecule has 0 aliphatic rings. The lowest BCUT2D eigenvalue weighted by atomic mass is 10.3. The van der Waals surface area contributed by atoms with Crippen LogP contribution in [0.2, 0.25) is 0 Å². The molecule has 0 aliphatic heterocycles. The Bertz CT molecular complexity index is 183. The van der Waals surface area contributed by atoms with Gasteiger partial charge in [-0.1, -0.05) is 41.9 Å². The van der Waals surface area contributed by atoms with Gasteiger partial charge < -0.3 is 4.84 Å². The first kappa shape index (κ1) is 11.7. The van der Waals surface area contributed by atoms with Crippen molar-refractivity contribution in [1.82, 2.24) is 5.48 Å². The molecule has 0 rings (SSSR count). The number of nitrogens with one attached hydrogen (secondary N) is 1. The molecule has 0 saturated carbocycles. The molecular weight excluding hydrogens is 269 g/mol. The van der Waals surface area contributed by atoms with Crippen LogP contribution in [-0.2, 0) is 9.63 Å². The van der Waals surface area contributed by atoms with Crippen LogP contribution in [0, 0.1) is 11.8 Å². The highest BCUT2D eigenvalue weighted by Crippen LogP contribution is 1.82. The Hall–Kier alpha value is -0.280. The molecule has 3 nitrogen and oxygen atoms in total. The van der Waals surface area contributed by atoms with Crippen LogP contribution in [0.4, 0.5) is 0 Å². The summed E-state index contributed by atoms with van der Waals surface area (Å²) < 4.78 is 0.641. The second-order valence-electron chi connectivity index (χ2n) is 2.07. The van der Waals surface area contributed by atoms with Gasteiger partial charge in [-0.05, 0) is 6.42 Å². The number of carbonyl (C=O) groups excluding carboxylic acids is 1. The van der Waals surface area contributed by atoms with Crippen molar-refractivity contribution in [3.8, 4) is 11.8 Å². The smallest absolute Gasteiger partial charge is 0.361 e. The summed E-state index contributed by atoms with van der Waals surface area (Å²) in [6.45, 7) is 2.76. The van der Waals surface area contributed by atoms with E-state index in [1.165, 1.54) is 0 Å². The van der Waals surface area contributed by atoms with Gasteiger partial charge in [-0.3, -0.25) is 0 Å². The topological polar surface area (TPSA) is 38.3 Å². The molecule has 68 valence electrons. The Morgan fingerprint density at radius 2 is 2.42 bits per heavy atom. The van der Waals surface area contributed by atoms with Crippen LogP contribution in [0.3, 0.4) is 0 Å². The van der Waals surface area contributed by atoms with Crippen LogP contribution >= 0.6 is 22.6 Å². The van der Waals surface area contributed by atoms with E-state index in [2.05, 4.69) is 51.7 Å². The van der Waals surface area contributed by atoms with E-state index in [0.29, 0.717) is 11.0 Å². The third-order valence-electron chi connectivity index (χ3n) is 1.05. The highest BCUT2D eigenvalue weighted by atomic mass is 127. The summed E-state index contributed by atoms with van der Waals surface area (Å²) in [4.78, 5) is 15.3. The lowest BCUT2D eigenvalue weighted by Gasteiger charge is -1.99. The Labute approximate surface area is 86.3 Å². The maximum absolute atomic E-state index is 10.7. The summed E-state index contributed by atoms with van der Waals surface area (Å²) in [5.74, 6) is 4.43. The number of hydroxylamine groups is 1. The van der Waals surface area contributed by atoms with E-state index >= 15 is 0 Å². The molecule has 0 heterocycles. The molecule has 0 spiro atoms. The van der Waals surface area contributed by atoms with Gasteiger partial charge in [0.1, 0.15) is 0 Å². The summed E-state index contributed by atoms with van der Waals surface area (Å²) in [7, 11) is 0. The molecule has 1 N–H and O–H groups in total. The van der Waals surface area contributed by atoms with Gasteiger partial charge in [-0.2, -0.15) is 5.48 Å². The quantitative estimate of drug-likeness (QED) is 0.277. The van der Waals surface area contributed by atoms with Crippen molar-refractivity contribution in [3.05, 3.63) is 0 Å². The second-order valence-corrected chi connectivity index (χ2v) is 2.84. The number of hydrogen-bond donors (Lipinski definition) is 1. The minimum atomic E-state index is -0.511. The van der Waals surface area contributed by atoms with Gasteiger partial charge in [-0.15, -0.1) is 0 Å². The Kier molecular flexibility index (Phi) is 8.61. The third kappa shape index (κ3) is 7.82. The average molecular weight is 281 g/mol. The van der Waals surface area contributed by atoms with Crippen molar-refractivity contribution in [3.63, 3.8) is 0 Å². The van der Waals surface area contributed by atoms with Gasteiger partial charge in [0.05, 0.1) is 4.43 Å². The van der Waals surface area contributed by atoms with E-state index in [1.807, 2.05) is 0 Å². The zero-order valence-electron chi connectivity index (χ0n) is 7.02. The van der Waals surface area contributed by atoms with Crippen molar-refractivity contribution in [2.45, 2.75) is 19.8 Å². The van der Waals surface area contributed by atoms with Gasteiger partial charge in [0, 0.05) is 12.5 Å². The molecule has 0 unspecified atom stereocenters. The number of unbranched alkanes of at least 4 members (excludes halogenated alkanes) is 1. The van der Waals surface area contributed by atoms with Gasteiger partial charge in [0.2, 0.25) is 0 Å². The largest absolute Gasteiger partial charge is 0.403 e. The molecule has 0 aliphatic carbocycles. The summed E-state index contributed by atoms with van der Waals surface area (Å²) >= 11 is 2.07. The molecule has 0 radical (unpaired) electrons. The van der Waals surface area contributed by atoms with Crippen LogP contribution in [0.5, 0.6) is 0 Å². The molecule has 12 heavy (non-hydrogen) atoms. The number of hydrogen-bond acceptors (Lipinski definition) is 3. The number of rotatable bonds is 4. The summed E-state index contributed by atoms with van der Waals surface area (Å²) in [6, 6.07) is 0. The first-order chi connectivity index (χ1) is 5.81. The van der Waals surface area contributed by atoms with E-state index in [0.717, 1.165) is 12.8 Å². The minimum absolute atomic E-state index is 0.511. The second kappa shape index (κ2) is 8.81. The first-order valence-corrected chi connectivity index (χ1v) is 5.32. The van der Waals surface area contributed by atoms with E-state index in [1.54, 1.807) is 0 Å². The zero-order chi connectivity index (χ0) is 9.23. The van der Waals surface area contributed by atoms with Crippen molar-refractivity contribution >= 4 is 28.6 Å². The summed E-state index contributed by atoms with van der Waals surface area (Å²) in [5.41, 5.74) is 2.54. The Morgan fingerprint density at radius 3 is 3.00 bits per heavy atom. The van der Waals surface area contributed by atoms with E-state index < -0.39 is 5.97 Å².